The highest BCUT2D eigenvalue weighted by Crippen LogP contribution is 2.28. The summed E-state index contributed by atoms with van der Waals surface area (Å²) in [5.74, 6) is 0.943. The number of fused-ring (bicyclic) bond motifs is 1. The molecule has 1 nitrogen and oxygen atoms in total. The monoisotopic (exact) mass is 236 g/mol. The molecular weight excluding hydrogens is 220 g/mol. The van der Waals surface area contributed by atoms with Crippen LogP contribution in [0.4, 0.5) is 0 Å². The largest absolute Gasteiger partial charge is 0.456 e. The molecule has 0 aliphatic carbocycles. The molecule has 1 heteroatoms. The molecule has 0 saturated carbocycles. The molecule has 0 unspecified atom stereocenters. The van der Waals surface area contributed by atoms with Crippen LogP contribution in [0.15, 0.2) is 52.9 Å². The third-order valence-electron chi connectivity index (χ3n) is 3.33. The van der Waals surface area contributed by atoms with Gasteiger partial charge in [0, 0.05) is 10.9 Å². The van der Waals surface area contributed by atoms with E-state index < -0.39 is 0 Å². The molecule has 1 heterocycles. The third kappa shape index (κ3) is 1.92. The Kier molecular flexibility index (Phi) is 2.67. The van der Waals surface area contributed by atoms with Crippen LogP contribution in [0.5, 0.6) is 0 Å². The summed E-state index contributed by atoms with van der Waals surface area (Å²) in [7, 11) is 0. The Labute approximate surface area is 107 Å². The second-order valence-electron chi connectivity index (χ2n) is 4.70. The summed E-state index contributed by atoms with van der Waals surface area (Å²) >= 11 is 0. The van der Waals surface area contributed by atoms with Gasteiger partial charge in [0.05, 0.1) is 0 Å². The summed E-state index contributed by atoms with van der Waals surface area (Å²) in [6, 6.07) is 17.0. The highest BCUT2D eigenvalue weighted by molar-refractivity contribution is 5.83. The predicted octanol–water partition coefficient (Wildman–Crippen LogP) is 4.97. The number of rotatable bonds is 2. The molecule has 18 heavy (non-hydrogen) atoms. The Morgan fingerprint density at radius 1 is 0.944 bits per heavy atom. The van der Waals surface area contributed by atoms with E-state index in [1.165, 1.54) is 16.5 Å². The number of furan rings is 1. The lowest BCUT2D eigenvalue weighted by Crippen LogP contribution is -1.76. The molecule has 0 amide bonds. The van der Waals surface area contributed by atoms with Crippen molar-refractivity contribution in [1.29, 1.82) is 0 Å². The van der Waals surface area contributed by atoms with Gasteiger partial charge in [-0.25, -0.2) is 0 Å². The average Bonchev–Trinajstić information content (AvgIpc) is 2.82. The molecule has 3 aromatic rings. The maximum Gasteiger partial charge on any atom is 0.135 e. The topological polar surface area (TPSA) is 13.1 Å². The molecule has 0 fully saturated rings. The van der Waals surface area contributed by atoms with Crippen molar-refractivity contribution >= 4 is 11.0 Å². The third-order valence-corrected chi connectivity index (χ3v) is 3.33. The SMILES string of the molecule is CCc1ccc2oc(-c3ccc(C)cc3)cc2c1. The smallest absolute Gasteiger partial charge is 0.135 e. The van der Waals surface area contributed by atoms with Crippen LogP contribution in [0.25, 0.3) is 22.3 Å². The molecule has 0 aliphatic rings. The maximum absolute atomic E-state index is 5.89. The van der Waals surface area contributed by atoms with Gasteiger partial charge < -0.3 is 4.42 Å². The van der Waals surface area contributed by atoms with Gasteiger partial charge >= 0.3 is 0 Å². The van der Waals surface area contributed by atoms with Crippen molar-refractivity contribution in [1.82, 2.24) is 0 Å². The number of aryl methyl sites for hydroxylation is 2. The lowest BCUT2D eigenvalue weighted by Gasteiger charge is -1.96. The Bertz CT molecular complexity index is 674. The molecule has 0 atom stereocenters. The van der Waals surface area contributed by atoms with Gasteiger partial charge in [0.15, 0.2) is 0 Å². The summed E-state index contributed by atoms with van der Waals surface area (Å²) in [5.41, 5.74) is 4.71. The minimum atomic E-state index is 0.943. The van der Waals surface area contributed by atoms with E-state index in [1.807, 2.05) is 0 Å². The lowest BCUT2D eigenvalue weighted by molar-refractivity contribution is 0.631. The number of hydrogen-bond acceptors (Lipinski definition) is 1. The molecule has 1 aromatic heterocycles. The minimum absolute atomic E-state index is 0.943. The quantitative estimate of drug-likeness (QED) is 0.612. The maximum atomic E-state index is 5.89. The Morgan fingerprint density at radius 2 is 1.72 bits per heavy atom. The van der Waals surface area contributed by atoms with Gasteiger partial charge in [-0.15, -0.1) is 0 Å². The summed E-state index contributed by atoms with van der Waals surface area (Å²) in [5, 5.41) is 1.19. The van der Waals surface area contributed by atoms with Crippen molar-refractivity contribution in [3.63, 3.8) is 0 Å². The van der Waals surface area contributed by atoms with Gasteiger partial charge in [0.1, 0.15) is 11.3 Å². The van der Waals surface area contributed by atoms with Gasteiger partial charge in [-0.1, -0.05) is 42.8 Å². The van der Waals surface area contributed by atoms with Crippen LogP contribution in [0.3, 0.4) is 0 Å². The van der Waals surface area contributed by atoms with E-state index in [2.05, 4.69) is 62.4 Å². The first-order chi connectivity index (χ1) is 8.76. The van der Waals surface area contributed by atoms with Crippen LogP contribution >= 0.6 is 0 Å². The van der Waals surface area contributed by atoms with Gasteiger partial charge in [-0.2, -0.15) is 0 Å². The molecule has 0 radical (unpaired) electrons. The first-order valence-corrected chi connectivity index (χ1v) is 6.36. The van der Waals surface area contributed by atoms with E-state index in [1.54, 1.807) is 0 Å². The minimum Gasteiger partial charge on any atom is -0.456 e. The van der Waals surface area contributed by atoms with Crippen LogP contribution in [0, 0.1) is 6.92 Å². The first kappa shape index (κ1) is 11.1. The Balaban J connectivity index is 2.10. The van der Waals surface area contributed by atoms with Crippen molar-refractivity contribution in [2.24, 2.45) is 0 Å². The predicted molar refractivity (Wildman–Crippen MR) is 75.8 cm³/mol. The zero-order valence-electron chi connectivity index (χ0n) is 10.7. The number of benzene rings is 2. The summed E-state index contributed by atoms with van der Waals surface area (Å²) < 4.78 is 5.89. The van der Waals surface area contributed by atoms with E-state index in [0.29, 0.717) is 0 Å². The van der Waals surface area contributed by atoms with Crippen LogP contribution in [0.2, 0.25) is 0 Å². The molecule has 90 valence electrons. The summed E-state index contributed by atoms with van der Waals surface area (Å²) in [6.45, 7) is 4.26. The van der Waals surface area contributed by atoms with Crippen molar-refractivity contribution in [3.05, 3.63) is 59.7 Å². The van der Waals surface area contributed by atoms with Gasteiger partial charge in [-0.3, -0.25) is 0 Å². The number of hydrogen-bond donors (Lipinski definition) is 0. The van der Waals surface area contributed by atoms with Crippen molar-refractivity contribution in [3.8, 4) is 11.3 Å². The van der Waals surface area contributed by atoms with Gasteiger partial charge in [-0.05, 0) is 37.1 Å². The van der Waals surface area contributed by atoms with Gasteiger partial charge in [0.2, 0.25) is 0 Å². The zero-order valence-corrected chi connectivity index (χ0v) is 10.7. The average molecular weight is 236 g/mol. The fraction of sp³-hybridized carbons (Fsp3) is 0.176. The molecule has 2 aromatic carbocycles. The normalized spacial score (nSPS) is 11.0. The first-order valence-electron chi connectivity index (χ1n) is 6.36. The fourth-order valence-corrected chi connectivity index (χ4v) is 2.17. The highest BCUT2D eigenvalue weighted by atomic mass is 16.3. The van der Waals surface area contributed by atoms with E-state index in [4.69, 9.17) is 4.42 Å². The van der Waals surface area contributed by atoms with Crippen LogP contribution in [-0.4, -0.2) is 0 Å². The fourth-order valence-electron chi connectivity index (χ4n) is 2.17. The lowest BCUT2D eigenvalue weighted by atomic mass is 10.1. The van der Waals surface area contributed by atoms with Crippen LogP contribution < -0.4 is 0 Å². The Morgan fingerprint density at radius 3 is 2.44 bits per heavy atom. The van der Waals surface area contributed by atoms with Crippen molar-refractivity contribution < 1.29 is 4.42 Å². The molecule has 0 spiro atoms. The molecular formula is C17H16O. The molecule has 0 saturated heterocycles. The van der Waals surface area contributed by atoms with E-state index in [0.717, 1.165) is 23.3 Å². The van der Waals surface area contributed by atoms with Crippen molar-refractivity contribution in [2.75, 3.05) is 0 Å². The Hall–Kier alpha value is -2.02. The van der Waals surface area contributed by atoms with Crippen molar-refractivity contribution in [2.45, 2.75) is 20.3 Å². The van der Waals surface area contributed by atoms with E-state index >= 15 is 0 Å². The van der Waals surface area contributed by atoms with E-state index in [9.17, 15) is 0 Å². The zero-order chi connectivity index (χ0) is 12.5. The van der Waals surface area contributed by atoms with Crippen LogP contribution in [0.1, 0.15) is 18.1 Å². The summed E-state index contributed by atoms with van der Waals surface area (Å²) in [4.78, 5) is 0. The standard InChI is InChI=1S/C17H16O/c1-3-13-6-9-16-15(10-13)11-17(18-16)14-7-4-12(2)5-8-14/h4-11H,3H2,1-2H3. The van der Waals surface area contributed by atoms with E-state index in [-0.39, 0.29) is 0 Å². The molecule has 0 N–H and O–H groups in total. The highest BCUT2D eigenvalue weighted by Gasteiger charge is 2.06. The molecule has 0 bridgehead atoms. The van der Waals surface area contributed by atoms with Gasteiger partial charge in [0.25, 0.3) is 0 Å². The summed E-state index contributed by atoms with van der Waals surface area (Å²) in [6.07, 6.45) is 1.06. The molecule has 3 rings (SSSR count). The second-order valence-corrected chi connectivity index (χ2v) is 4.70. The van der Waals surface area contributed by atoms with Crippen LogP contribution in [-0.2, 0) is 6.42 Å². The second kappa shape index (κ2) is 4.34. The molecule has 0 aliphatic heterocycles.